The molecule has 1 unspecified atom stereocenters. The molecular weight excluding hydrogens is 316 g/mol. The normalized spacial score (nSPS) is 23.0. The van der Waals surface area contributed by atoms with Gasteiger partial charge in [0, 0.05) is 30.5 Å². The zero-order valence-electron chi connectivity index (χ0n) is 14.8. The van der Waals surface area contributed by atoms with Crippen LogP contribution in [0.3, 0.4) is 0 Å². The number of carbonyl (C=O) groups is 1. The van der Waals surface area contributed by atoms with Gasteiger partial charge >= 0.3 is 0 Å². The summed E-state index contributed by atoms with van der Waals surface area (Å²) in [7, 11) is 0. The molecule has 1 saturated heterocycles. The molecule has 1 aromatic heterocycles. The summed E-state index contributed by atoms with van der Waals surface area (Å²) in [6.07, 6.45) is 5.45. The molecule has 0 saturated carbocycles. The maximum absolute atomic E-state index is 12.4. The minimum Gasteiger partial charge on any atom is -0.484 e. The Labute approximate surface area is 148 Å². The number of hydrogen-bond donors (Lipinski definition) is 1. The first-order chi connectivity index (χ1) is 12.1. The van der Waals surface area contributed by atoms with Crippen molar-refractivity contribution in [1.82, 2.24) is 4.90 Å². The molecule has 134 valence electrons. The predicted octanol–water partition coefficient (Wildman–Crippen LogP) is 2.89. The van der Waals surface area contributed by atoms with Gasteiger partial charge in [0.2, 0.25) is 0 Å². The number of amides is 1. The van der Waals surface area contributed by atoms with Gasteiger partial charge < -0.3 is 19.8 Å². The van der Waals surface area contributed by atoms with E-state index in [4.69, 9.17) is 14.9 Å². The summed E-state index contributed by atoms with van der Waals surface area (Å²) in [5.41, 5.74) is 8.10. The Bertz CT molecular complexity index is 798. The van der Waals surface area contributed by atoms with E-state index < -0.39 is 0 Å². The van der Waals surface area contributed by atoms with Crippen LogP contribution in [0.15, 0.2) is 22.6 Å². The number of rotatable bonds is 4. The molecule has 0 radical (unpaired) electrons. The number of nitrogens with zero attached hydrogens (tertiary/aromatic N) is 1. The summed E-state index contributed by atoms with van der Waals surface area (Å²) in [4.78, 5) is 14.3. The van der Waals surface area contributed by atoms with Crippen LogP contribution in [0.1, 0.15) is 37.5 Å². The number of likely N-dealkylation sites (tertiary alicyclic amines) is 1. The standard InChI is InChI=1S/C20H26N2O3/c1-20(12-21)8-9-22(13-20)19(23)11-24-14-6-7-18-16(10-14)15-4-2-3-5-17(15)25-18/h6-7,10H,2-5,8-9,11-13,21H2,1H3. The molecule has 2 aromatic rings. The molecule has 1 aliphatic heterocycles. The van der Waals surface area contributed by atoms with Crippen LogP contribution in [-0.2, 0) is 17.6 Å². The molecule has 0 spiro atoms. The van der Waals surface area contributed by atoms with Gasteiger partial charge in [0.15, 0.2) is 6.61 Å². The Morgan fingerprint density at radius 1 is 1.36 bits per heavy atom. The molecule has 2 heterocycles. The van der Waals surface area contributed by atoms with E-state index in [1.165, 1.54) is 18.4 Å². The fourth-order valence-electron chi connectivity index (χ4n) is 3.97. The minimum atomic E-state index is 0.0338. The van der Waals surface area contributed by atoms with Gasteiger partial charge in [0.05, 0.1) is 0 Å². The van der Waals surface area contributed by atoms with Gasteiger partial charge in [-0.1, -0.05) is 6.92 Å². The molecule has 1 fully saturated rings. The van der Waals surface area contributed by atoms with Gasteiger partial charge in [0.1, 0.15) is 17.1 Å². The second-order valence-corrected chi connectivity index (χ2v) is 7.74. The van der Waals surface area contributed by atoms with E-state index in [2.05, 4.69) is 6.92 Å². The van der Waals surface area contributed by atoms with E-state index in [9.17, 15) is 4.79 Å². The quantitative estimate of drug-likeness (QED) is 0.928. The smallest absolute Gasteiger partial charge is 0.260 e. The van der Waals surface area contributed by atoms with Crippen molar-refractivity contribution in [3.63, 3.8) is 0 Å². The average molecular weight is 342 g/mol. The molecule has 4 rings (SSSR count). The van der Waals surface area contributed by atoms with Crippen molar-refractivity contribution in [2.45, 2.75) is 39.0 Å². The Kier molecular flexibility index (Phi) is 4.20. The van der Waals surface area contributed by atoms with Gasteiger partial charge in [0.25, 0.3) is 5.91 Å². The number of aryl methyl sites for hydroxylation is 2. The lowest BCUT2D eigenvalue weighted by Gasteiger charge is -2.22. The van der Waals surface area contributed by atoms with Crippen molar-refractivity contribution in [2.75, 3.05) is 26.2 Å². The fraction of sp³-hybridized carbons (Fsp3) is 0.550. The first-order valence-electron chi connectivity index (χ1n) is 9.23. The van der Waals surface area contributed by atoms with Crippen molar-refractivity contribution in [2.24, 2.45) is 11.1 Å². The number of carbonyl (C=O) groups excluding carboxylic acids is 1. The van der Waals surface area contributed by atoms with Crippen LogP contribution in [0.4, 0.5) is 0 Å². The van der Waals surface area contributed by atoms with Gasteiger partial charge in [-0.2, -0.15) is 0 Å². The van der Waals surface area contributed by atoms with Crippen LogP contribution in [-0.4, -0.2) is 37.0 Å². The second kappa shape index (κ2) is 6.37. The van der Waals surface area contributed by atoms with Gasteiger partial charge in [-0.05, 0) is 55.8 Å². The Balaban J connectivity index is 1.44. The van der Waals surface area contributed by atoms with E-state index in [0.29, 0.717) is 6.54 Å². The van der Waals surface area contributed by atoms with Crippen LogP contribution in [0, 0.1) is 5.41 Å². The lowest BCUT2D eigenvalue weighted by Crippen LogP contribution is -2.36. The van der Waals surface area contributed by atoms with E-state index >= 15 is 0 Å². The summed E-state index contributed by atoms with van der Waals surface area (Å²) in [5, 5.41) is 1.14. The number of benzene rings is 1. The highest BCUT2D eigenvalue weighted by atomic mass is 16.5. The minimum absolute atomic E-state index is 0.0338. The SMILES string of the molecule is CC1(CN)CCN(C(=O)COc2ccc3oc4c(c3c2)CCCC4)C1. The van der Waals surface area contributed by atoms with Gasteiger partial charge in [-0.3, -0.25) is 4.79 Å². The van der Waals surface area contributed by atoms with Crippen molar-refractivity contribution in [1.29, 1.82) is 0 Å². The highest BCUT2D eigenvalue weighted by Crippen LogP contribution is 2.34. The number of nitrogens with two attached hydrogens (primary N) is 1. The third kappa shape index (κ3) is 3.13. The van der Waals surface area contributed by atoms with Crippen LogP contribution in [0.5, 0.6) is 5.75 Å². The maximum Gasteiger partial charge on any atom is 0.260 e. The topological polar surface area (TPSA) is 68.7 Å². The monoisotopic (exact) mass is 342 g/mol. The molecule has 0 bridgehead atoms. The molecule has 2 aliphatic rings. The third-order valence-electron chi connectivity index (χ3n) is 5.69. The number of ether oxygens (including phenoxy) is 1. The molecule has 1 aromatic carbocycles. The van der Waals surface area contributed by atoms with Crippen molar-refractivity contribution in [3.05, 3.63) is 29.5 Å². The number of fused-ring (bicyclic) bond motifs is 3. The summed E-state index contributed by atoms with van der Waals surface area (Å²) in [5.74, 6) is 1.88. The summed E-state index contributed by atoms with van der Waals surface area (Å²) < 4.78 is 11.7. The zero-order valence-corrected chi connectivity index (χ0v) is 14.8. The summed E-state index contributed by atoms with van der Waals surface area (Å²) in [6.45, 7) is 4.31. The largest absolute Gasteiger partial charge is 0.484 e. The van der Waals surface area contributed by atoms with Gasteiger partial charge in [-0.25, -0.2) is 0 Å². The molecule has 1 amide bonds. The summed E-state index contributed by atoms with van der Waals surface area (Å²) in [6, 6.07) is 5.86. The lowest BCUT2D eigenvalue weighted by molar-refractivity contribution is -0.132. The average Bonchev–Trinajstić information content (AvgIpc) is 3.21. The molecule has 1 atom stereocenters. The maximum atomic E-state index is 12.4. The molecule has 5 heteroatoms. The molecule has 5 nitrogen and oxygen atoms in total. The highest BCUT2D eigenvalue weighted by Gasteiger charge is 2.34. The van der Waals surface area contributed by atoms with Crippen molar-refractivity contribution < 1.29 is 13.9 Å². The van der Waals surface area contributed by atoms with Crippen LogP contribution >= 0.6 is 0 Å². The van der Waals surface area contributed by atoms with Gasteiger partial charge in [-0.15, -0.1) is 0 Å². The first-order valence-corrected chi connectivity index (χ1v) is 9.23. The second-order valence-electron chi connectivity index (χ2n) is 7.74. The van der Waals surface area contributed by atoms with Crippen molar-refractivity contribution >= 4 is 16.9 Å². The van der Waals surface area contributed by atoms with Crippen molar-refractivity contribution in [3.8, 4) is 5.75 Å². The van der Waals surface area contributed by atoms with Crippen LogP contribution < -0.4 is 10.5 Å². The Morgan fingerprint density at radius 3 is 3.00 bits per heavy atom. The third-order valence-corrected chi connectivity index (χ3v) is 5.69. The zero-order chi connectivity index (χ0) is 17.4. The lowest BCUT2D eigenvalue weighted by atomic mass is 9.90. The number of hydrogen-bond acceptors (Lipinski definition) is 4. The van der Waals surface area contributed by atoms with E-state index in [0.717, 1.165) is 54.8 Å². The highest BCUT2D eigenvalue weighted by molar-refractivity contribution is 5.84. The van der Waals surface area contributed by atoms with Crippen LogP contribution in [0.2, 0.25) is 0 Å². The molecule has 2 N–H and O–H groups in total. The molecule has 25 heavy (non-hydrogen) atoms. The van der Waals surface area contributed by atoms with E-state index in [1.807, 2.05) is 23.1 Å². The molecule has 1 aliphatic carbocycles. The summed E-state index contributed by atoms with van der Waals surface area (Å²) >= 11 is 0. The van der Waals surface area contributed by atoms with E-state index in [-0.39, 0.29) is 17.9 Å². The predicted molar refractivity (Wildman–Crippen MR) is 96.7 cm³/mol. The Hall–Kier alpha value is -2.01. The molecular formula is C20H26N2O3. The first kappa shape index (κ1) is 16.5. The van der Waals surface area contributed by atoms with E-state index in [1.54, 1.807) is 0 Å². The Morgan fingerprint density at radius 2 is 2.20 bits per heavy atom. The fourth-order valence-corrected chi connectivity index (χ4v) is 3.97. The van der Waals surface area contributed by atoms with Crippen LogP contribution in [0.25, 0.3) is 11.0 Å². The number of furan rings is 1.